The zero-order chi connectivity index (χ0) is 13.4. The summed E-state index contributed by atoms with van der Waals surface area (Å²) in [5.74, 6) is 1.76. The van der Waals surface area contributed by atoms with Gasteiger partial charge in [-0.1, -0.05) is 15.9 Å². The van der Waals surface area contributed by atoms with Gasteiger partial charge in [-0.2, -0.15) is 0 Å². The van der Waals surface area contributed by atoms with Crippen molar-refractivity contribution in [1.29, 1.82) is 0 Å². The van der Waals surface area contributed by atoms with Gasteiger partial charge in [-0.05, 0) is 29.1 Å². The number of benzene rings is 1. The Morgan fingerprint density at radius 1 is 1.47 bits per heavy atom. The molecule has 1 atom stereocenters. The first-order valence-electron chi connectivity index (χ1n) is 5.91. The molecule has 1 aromatic heterocycles. The van der Waals surface area contributed by atoms with Crippen molar-refractivity contribution in [2.24, 2.45) is 0 Å². The summed E-state index contributed by atoms with van der Waals surface area (Å²) < 4.78 is 12.1. The van der Waals surface area contributed by atoms with Gasteiger partial charge in [0.15, 0.2) is 0 Å². The number of rotatable bonds is 3. The summed E-state index contributed by atoms with van der Waals surface area (Å²) in [7, 11) is 1.66. The Labute approximate surface area is 129 Å². The van der Waals surface area contributed by atoms with Crippen molar-refractivity contribution in [2.75, 3.05) is 13.7 Å². The molecule has 0 fully saturated rings. The van der Waals surface area contributed by atoms with Crippen LogP contribution in [0.1, 0.15) is 21.4 Å². The average Bonchev–Trinajstić information content (AvgIpc) is 3.04. The molecule has 0 bridgehead atoms. The van der Waals surface area contributed by atoms with Crippen LogP contribution in [0.25, 0.3) is 0 Å². The highest BCUT2D eigenvalue weighted by atomic mass is 79.9. The lowest BCUT2D eigenvalue weighted by molar-refractivity contribution is 0.353. The Bertz CT molecular complexity index is 611. The lowest BCUT2D eigenvalue weighted by Crippen LogP contribution is -1.97. The van der Waals surface area contributed by atoms with Crippen molar-refractivity contribution in [3.63, 3.8) is 0 Å². The molecule has 1 unspecified atom stereocenters. The van der Waals surface area contributed by atoms with Crippen molar-refractivity contribution < 1.29 is 9.47 Å². The Hall–Kier alpha value is -0.710. The second-order valence-electron chi connectivity index (χ2n) is 4.30. The average molecular weight is 360 g/mol. The third kappa shape index (κ3) is 2.37. The van der Waals surface area contributed by atoms with Crippen LogP contribution in [-0.2, 0) is 6.42 Å². The standard InChI is InChI=1S/C14H12BrClO2S/c1-17-11-3-5-19-14(11)12(16)10-7-9(15)6-8-2-4-18-13(8)10/h3,5-7,12H,2,4H2,1H3. The summed E-state index contributed by atoms with van der Waals surface area (Å²) >= 11 is 11.8. The molecule has 1 aliphatic heterocycles. The van der Waals surface area contributed by atoms with E-state index in [1.807, 2.05) is 17.5 Å². The van der Waals surface area contributed by atoms with E-state index in [-0.39, 0.29) is 5.38 Å². The van der Waals surface area contributed by atoms with Gasteiger partial charge in [-0.3, -0.25) is 0 Å². The summed E-state index contributed by atoms with van der Waals surface area (Å²) in [6.45, 7) is 0.726. The van der Waals surface area contributed by atoms with E-state index >= 15 is 0 Å². The first kappa shape index (κ1) is 13.3. The lowest BCUT2D eigenvalue weighted by atomic mass is 10.0. The summed E-state index contributed by atoms with van der Waals surface area (Å²) in [6.07, 6.45) is 0.937. The SMILES string of the molecule is COc1ccsc1C(Cl)c1cc(Br)cc2c1OCC2. The van der Waals surface area contributed by atoms with Crippen molar-refractivity contribution in [1.82, 2.24) is 0 Å². The summed E-state index contributed by atoms with van der Waals surface area (Å²) in [4.78, 5) is 1.01. The van der Waals surface area contributed by atoms with E-state index in [2.05, 4.69) is 22.0 Å². The third-order valence-corrected chi connectivity index (χ3v) is 5.16. The van der Waals surface area contributed by atoms with Gasteiger partial charge in [-0.15, -0.1) is 22.9 Å². The number of alkyl halides is 1. The molecule has 0 N–H and O–H groups in total. The van der Waals surface area contributed by atoms with E-state index in [1.165, 1.54) is 5.56 Å². The van der Waals surface area contributed by atoms with Gasteiger partial charge >= 0.3 is 0 Å². The van der Waals surface area contributed by atoms with E-state index in [4.69, 9.17) is 21.1 Å². The monoisotopic (exact) mass is 358 g/mol. The fraction of sp³-hybridized carbons (Fsp3) is 0.286. The Balaban J connectivity index is 2.07. The first-order chi connectivity index (χ1) is 9.20. The molecule has 1 aromatic carbocycles. The van der Waals surface area contributed by atoms with Crippen LogP contribution in [0.15, 0.2) is 28.1 Å². The lowest BCUT2D eigenvalue weighted by Gasteiger charge is -2.14. The first-order valence-corrected chi connectivity index (χ1v) is 8.02. The molecular weight excluding hydrogens is 348 g/mol. The van der Waals surface area contributed by atoms with Crippen LogP contribution in [0.2, 0.25) is 0 Å². The van der Waals surface area contributed by atoms with E-state index in [9.17, 15) is 0 Å². The molecule has 2 nitrogen and oxygen atoms in total. The van der Waals surface area contributed by atoms with Crippen molar-refractivity contribution in [3.8, 4) is 11.5 Å². The Morgan fingerprint density at radius 2 is 2.32 bits per heavy atom. The molecule has 100 valence electrons. The maximum atomic E-state index is 6.64. The van der Waals surface area contributed by atoms with Crippen LogP contribution in [0.4, 0.5) is 0 Å². The summed E-state index contributed by atoms with van der Waals surface area (Å²) in [5.41, 5.74) is 2.22. The van der Waals surface area contributed by atoms with Crippen LogP contribution in [0.3, 0.4) is 0 Å². The zero-order valence-electron chi connectivity index (χ0n) is 10.3. The Kier molecular flexibility index (Phi) is 3.74. The molecule has 2 heterocycles. The number of halogens is 2. The van der Waals surface area contributed by atoms with Crippen LogP contribution in [0, 0.1) is 0 Å². The maximum absolute atomic E-state index is 6.64. The number of thiophene rings is 1. The molecular formula is C14H12BrClO2S. The van der Waals surface area contributed by atoms with Crippen LogP contribution in [-0.4, -0.2) is 13.7 Å². The minimum absolute atomic E-state index is 0.251. The molecule has 0 amide bonds. The molecule has 0 saturated carbocycles. The van der Waals surface area contributed by atoms with Gasteiger partial charge < -0.3 is 9.47 Å². The summed E-state index contributed by atoms with van der Waals surface area (Å²) in [5, 5.41) is 1.74. The molecule has 1 aliphatic rings. The molecule has 5 heteroatoms. The highest BCUT2D eigenvalue weighted by Crippen LogP contribution is 2.45. The minimum Gasteiger partial charge on any atom is -0.496 e. The van der Waals surface area contributed by atoms with E-state index in [1.54, 1.807) is 18.4 Å². The topological polar surface area (TPSA) is 18.5 Å². The second kappa shape index (κ2) is 5.35. The molecule has 19 heavy (non-hydrogen) atoms. The number of fused-ring (bicyclic) bond motifs is 1. The number of hydrogen-bond donors (Lipinski definition) is 0. The predicted molar refractivity (Wildman–Crippen MR) is 81.9 cm³/mol. The fourth-order valence-electron chi connectivity index (χ4n) is 2.29. The van der Waals surface area contributed by atoms with Gasteiger partial charge in [0.1, 0.15) is 16.9 Å². The van der Waals surface area contributed by atoms with Crippen molar-refractivity contribution in [3.05, 3.63) is 44.1 Å². The molecule has 0 radical (unpaired) electrons. The quantitative estimate of drug-likeness (QED) is 0.734. The van der Waals surface area contributed by atoms with Gasteiger partial charge in [0.2, 0.25) is 0 Å². The van der Waals surface area contributed by atoms with Gasteiger partial charge in [0.25, 0.3) is 0 Å². The molecule has 3 rings (SSSR count). The van der Waals surface area contributed by atoms with Gasteiger partial charge in [-0.25, -0.2) is 0 Å². The summed E-state index contributed by atoms with van der Waals surface area (Å²) in [6, 6.07) is 6.07. The molecule has 2 aromatic rings. The number of hydrogen-bond acceptors (Lipinski definition) is 3. The van der Waals surface area contributed by atoms with Crippen molar-refractivity contribution >= 4 is 38.9 Å². The highest BCUT2D eigenvalue weighted by Gasteiger charge is 2.25. The third-order valence-electron chi connectivity index (χ3n) is 3.16. The van der Waals surface area contributed by atoms with Gasteiger partial charge in [0, 0.05) is 16.5 Å². The van der Waals surface area contributed by atoms with E-state index < -0.39 is 0 Å². The van der Waals surface area contributed by atoms with Crippen LogP contribution in [0.5, 0.6) is 11.5 Å². The maximum Gasteiger partial charge on any atom is 0.134 e. The molecule has 0 saturated heterocycles. The van der Waals surface area contributed by atoms with E-state index in [0.29, 0.717) is 0 Å². The van der Waals surface area contributed by atoms with Gasteiger partial charge in [0.05, 0.1) is 18.6 Å². The van der Waals surface area contributed by atoms with E-state index in [0.717, 1.165) is 39.4 Å². The van der Waals surface area contributed by atoms with Crippen molar-refractivity contribution in [2.45, 2.75) is 11.8 Å². The second-order valence-corrected chi connectivity index (χ2v) is 6.60. The number of methoxy groups -OCH3 is 1. The largest absolute Gasteiger partial charge is 0.496 e. The predicted octanol–water partition coefficient (Wildman–Crippen LogP) is 4.78. The zero-order valence-corrected chi connectivity index (χ0v) is 13.4. The fourth-order valence-corrected chi connectivity index (χ4v) is 4.09. The van der Waals surface area contributed by atoms with Crippen LogP contribution < -0.4 is 9.47 Å². The normalized spacial score (nSPS) is 14.9. The Morgan fingerprint density at radius 3 is 3.11 bits per heavy atom. The molecule has 0 aliphatic carbocycles. The highest BCUT2D eigenvalue weighted by molar-refractivity contribution is 9.10. The number of ether oxygens (including phenoxy) is 2. The smallest absolute Gasteiger partial charge is 0.134 e. The van der Waals surface area contributed by atoms with Crippen LogP contribution >= 0.6 is 38.9 Å². The minimum atomic E-state index is -0.251. The molecule has 0 spiro atoms.